The topological polar surface area (TPSA) is 0 Å². The summed E-state index contributed by atoms with van der Waals surface area (Å²) in [6, 6.07) is 1.24. The minimum Gasteiger partial charge on any atom is -0.227 e. The van der Waals surface area contributed by atoms with Gasteiger partial charge < -0.3 is 0 Å². The van der Waals surface area contributed by atoms with Gasteiger partial charge in [0, 0.05) is 0 Å². The summed E-state index contributed by atoms with van der Waals surface area (Å²) in [6.07, 6.45) is -10.4. The molecule has 0 aliphatic heterocycles. The van der Waals surface area contributed by atoms with E-state index in [2.05, 4.69) is 0 Å². The quantitative estimate of drug-likeness (QED) is 0.429. The lowest BCUT2D eigenvalue weighted by Gasteiger charge is -2.59. The van der Waals surface area contributed by atoms with E-state index in [0.717, 1.165) is 0 Å². The van der Waals surface area contributed by atoms with Gasteiger partial charge in [-0.1, -0.05) is 24.3 Å². The Morgan fingerprint density at radius 3 is 1.07 bits per heavy atom. The van der Waals surface area contributed by atoms with Crippen molar-refractivity contribution in [2.45, 2.75) is 35.5 Å². The van der Waals surface area contributed by atoms with Gasteiger partial charge in [0.15, 0.2) is 0 Å². The van der Waals surface area contributed by atoms with Crippen molar-refractivity contribution in [1.82, 2.24) is 0 Å². The minimum atomic E-state index is -5.87. The Morgan fingerprint density at radius 1 is 0.500 bits per heavy atom. The average Bonchev–Trinajstić information content (AvgIpc) is 2.64. The van der Waals surface area contributed by atoms with Gasteiger partial charge in [-0.05, 0) is 35.4 Å². The van der Waals surface area contributed by atoms with E-state index in [1.54, 1.807) is 0 Å². The third-order valence-corrected chi connectivity index (χ3v) is 4.91. The Balaban J connectivity index is 2.28. The van der Waals surface area contributed by atoms with Gasteiger partial charge >= 0.3 is 24.2 Å². The van der Waals surface area contributed by atoms with Crippen molar-refractivity contribution in [3.8, 4) is 0 Å². The van der Waals surface area contributed by atoms with Gasteiger partial charge in [-0.15, -0.1) is 0 Å². The lowest BCUT2D eigenvalue weighted by Crippen LogP contribution is -2.82. The Hall–Kier alpha value is -2.40. The van der Waals surface area contributed by atoms with Gasteiger partial charge in [0.2, 0.25) is 11.3 Å². The van der Waals surface area contributed by atoms with Crippen LogP contribution in [0.2, 0.25) is 0 Å². The first-order valence-electron chi connectivity index (χ1n) is 7.91. The van der Waals surface area contributed by atoms with Crippen molar-refractivity contribution < 1.29 is 52.7 Å². The van der Waals surface area contributed by atoms with Crippen LogP contribution < -0.4 is 0 Å². The molecule has 2 aromatic rings. The summed E-state index contributed by atoms with van der Waals surface area (Å²) >= 11 is 0. The van der Waals surface area contributed by atoms with E-state index in [4.69, 9.17) is 0 Å². The predicted octanol–water partition coefficient (Wildman–Crippen LogP) is 7.04. The molecule has 2 aromatic carbocycles. The lowest BCUT2D eigenvalue weighted by molar-refractivity contribution is -0.451. The number of hydrogen-bond acceptors (Lipinski definition) is 0. The summed E-state index contributed by atoms with van der Waals surface area (Å²) < 4.78 is 164. The summed E-state index contributed by atoms with van der Waals surface area (Å²) in [5.41, 5.74) is -17.3. The highest BCUT2D eigenvalue weighted by Crippen LogP contribution is 2.76. The SMILES string of the molecule is FC(F)(F)c1cccc([C@]2(F)C(F)(F)C(F)(F)[C@@]2(F)c2cccc(C(F)(F)F)c2)c1. The number of hydrogen-bond donors (Lipinski definition) is 0. The van der Waals surface area contributed by atoms with Crippen molar-refractivity contribution in [2.24, 2.45) is 0 Å². The van der Waals surface area contributed by atoms with Crippen LogP contribution in [0.5, 0.6) is 0 Å². The molecule has 0 N–H and O–H groups in total. The molecule has 0 bridgehead atoms. The first kappa shape index (κ1) is 22.3. The Bertz CT molecular complexity index is 894. The van der Waals surface area contributed by atoms with Gasteiger partial charge in [-0.2, -0.15) is 43.9 Å². The summed E-state index contributed by atoms with van der Waals surface area (Å²) in [5.74, 6) is -11.7. The van der Waals surface area contributed by atoms with E-state index in [1.807, 2.05) is 0 Å². The maximum Gasteiger partial charge on any atom is 0.416 e. The second-order valence-corrected chi connectivity index (χ2v) is 6.62. The molecule has 0 aromatic heterocycles. The van der Waals surface area contributed by atoms with Crippen LogP contribution in [0.15, 0.2) is 48.5 Å². The molecule has 1 fully saturated rings. The molecule has 0 heterocycles. The normalized spacial score (nSPS) is 28.1. The average molecular weight is 452 g/mol. The highest BCUT2D eigenvalue weighted by molar-refractivity contribution is 5.50. The zero-order chi connectivity index (χ0) is 23.0. The molecule has 2 atom stereocenters. The molecule has 30 heavy (non-hydrogen) atoms. The van der Waals surface area contributed by atoms with Crippen molar-refractivity contribution in [1.29, 1.82) is 0 Å². The monoisotopic (exact) mass is 452 g/mol. The zero-order valence-corrected chi connectivity index (χ0v) is 14.2. The van der Waals surface area contributed by atoms with Gasteiger partial charge in [-0.25, -0.2) is 8.78 Å². The van der Waals surface area contributed by atoms with Crippen LogP contribution in [0.3, 0.4) is 0 Å². The van der Waals surface area contributed by atoms with E-state index < -0.39 is 57.8 Å². The van der Waals surface area contributed by atoms with Crippen molar-refractivity contribution >= 4 is 0 Å². The molecule has 0 spiro atoms. The molecular formula is C18H8F12. The minimum absolute atomic E-state index is 0.223. The number of rotatable bonds is 2. The third kappa shape index (κ3) is 2.57. The fourth-order valence-electron chi connectivity index (χ4n) is 3.38. The van der Waals surface area contributed by atoms with Crippen LogP contribution in [0.4, 0.5) is 52.7 Å². The van der Waals surface area contributed by atoms with Crippen molar-refractivity contribution in [2.75, 3.05) is 0 Å². The van der Waals surface area contributed by atoms with E-state index in [0.29, 0.717) is 24.3 Å². The largest absolute Gasteiger partial charge is 0.416 e. The molecule has 1 aliphatic rings. The number of benzene rings is 2. The van der Waals surface area contributed by atoms with Gasteiger partial charge in [0.25, 0.3) is 0 Å². The van der Waals surface area contributed by atoms with Crippen LogP contribution in [-0.2, 0) is 23.7 Å². The second kappa shape index (κ2) is 6.07. The summed E-state index contributed by atoms with van der Waals surface area (Å²) in [4.78, 5) is 0. The molecule has 0 radical (unpaired) electrons. The number of alkyl halides is 12. The van der Waals surface area contributed by atoms with Crippen LogP contribution >= 0.6 is 0 Å². The lowest BCUT2D eigenvalue weighted by atomic mass is 9.55. The van der Waals surface area contributed by atoms with E-state index >= 15 is 8.78 Å². The maximum atomic E-state index is 15.4. The smallest absolute Gasteiger partial charge is 0.227 e. The molecule has 3 rings (SSSR count). The van der Waals surface area contributed by atoms with E-state index in [-0.39, 0.29) is 24.3 Å². The Labute approximate surface area is 160 Å². The maximum absolute atomic E-state index is 15.4. The highest BCUT2D eigenvalue weighted by Gasteiger charge is 2.98. The highest BCUT2D eigenvalue weighted by atomic mass is 19.4. The van der Waals surface area contributed by atoms with E-state index in [1.165, 1.54) is 0 Å². The molecule has 164 valence electrons. The molecule has 1 saturated carbocycles. The van der Waals surface area contributed by atoms with Crippen molar-refractivity contribution in [3.05, 3.63) is 70.8 Å². The fourth-order valence-corrected chi connectivity index (χ4v) is 3.38. The molecule has 0 saturated heterocycles. The Morgan fingerprint density at radius 2 is 0.800 bits per heavy atom. The molecule has 0 nitrogen and oxygen atoms in total. The van der Waals surface area contributed by atoms with Crippen LogP contribution in [0, 0.1) is 0 Å². The van der Waals surface area contributed by atoms with Crippen LogP contribution in [0.1, 0.15) is 22.3 Å². The molecule has 1 aliphatic carbocycles. The first-order chi connectivity index (χ1) is 13.4. The third-order valence-electron chi connectivity index (χ3n) is 4.91. The fraction of sp³-hybridized carbons (Fsp3) is 0.333. The van der Waals surface area contributed by atoms with Gasteiger partial charge in [0.1, 0.15) is 0 Å². The standard InChI is InChI=1S/C18H8F12/c19-13(9-3-1-5-11(7-9)15(21,22)23)14(20,18(29,30)17(13,27)28)10-4-2-6-12(8-10)16(24,25)26/h1-8H/t13-,14-/m1/s1. The van der Waals surface area contributed by atoms with Gasteiger partial charge in [-0.3, -0.25) is 0 Å². The molecule has 0 unspecified atom stereocenters. The van der Waals surface area contributed by atoms with Crippen LogP contribution in [0.25, 0.3) is 0 Å². The molecule has 0 amide bonds. The zero-order valence-electron chi connectivity index (χ0n) is 14.2. The second-order valence-electron chi connectivity index (χ2n) is 6.62. The number of halogens is 12. The predicted molar refractivity (Wildman–Crippen MR) is 78.4 cm³/mol. The summed E-state index contributed by atoms with van der Waals surface area (Å²) in [6.45, 7) is 0. The van der Waals surface area contributed by atoms with Crippen molar-refractivity contribution in [3.63, 3.8) is 0 Å². The molecule has 12 heteroatoms. The summed E-state index contributed by atoms with van der Waals surface area (Å²) in [7, 11) is 0. The molecular weight excluding hydrogens is 444 g/mol. The van der Waals surface area contributed by atoms with E-state index in [9.17, 15) is 43.9 Å². The summed E-state index contributed by atoms with van der Waals surface area (Å²) in [5, 5.41) is 0. The van der Waals surface area contributed by atoms with Crippen LogP contribution in [-0.4, -0.2) is 11.8 Å². The Kier molecular flexibility index (Phi) is 4.51. The van der Waals surface area contributed by atoms with Gasteiger partial charge in [0.05, 0.1) is 11.1 Å². The first-order valence-corrected chi connectivity index (χ1v) is 7.91.